The number of carbonyl (C=O) groups is 2. The zero-order valence-corrected chi connectivity index (χ0v) is 18.4. The lowest BCUT2D eigenvalue weighted by atomic mass is 10.1. The SMILES string of the molecule is CC(C)N(C)C(=O)n1ccnc1C(OC(=O)N(C(C)C)C(C)C)c1ccccc1. The van der Waals surface area contributed by atoms with E-state index >= 15 is 0 Å². The lowest BCUT2D eigenvalue weighted by Gasteiger charge is -2.32. The van der Waals surface area contributed by atoms with Gasteiger partial charge in [-0.15, -0.1) is 0 Å². The topological polar surface area (TPSA) is 67.7 Å². The molecule has 29 heavy (non-hydrogen) atoms. The second kappa shape index (κ2) is 9.58. The van der Waals surface area contributed by atoms with Crippen molar-refractivity contribution in [2.24, 2.45) is 0 Å². The summed E-state index contributed by atoms with van der Waals surface area (Å²) in [4.78, 5) is 33.6. The molecule has 0 saturated heterocycles. The predicted molar refractivity (Wildman–Crippen MR) is 113 cm³/mol. The summed E-state index contributed by atoms with van der Waals surface area (Å²) in [6.45, 7) is 11.7. The van der Waals surface area contributed by atoms with Gasteiger partial charge in [-0.3, -0.25) is 4.57 Å². The molecule has 1 unspecified atom stereocenters. The van der Waals surface area contributed by atoms with Gasteiger partial charge in [0.1, 0.15) is 0 Å². The van der Waals surface area contributed by atoms with Crippen LogP contribution in [0.3, 0.4) is 0 Å². The summed E-state index contributed by atoms with van der Waals surface area (Å²) < 4.78 is 7.37. The number of carbonyl (C=O) groups excluding carboxylic acids is 2. The van der Waals surface area contributed by atoms with Gasteiger partial charge in [-0.2, -0.15) is 0 Å². The molecule has 0 spiro atoms. The second-order valence-corrected chi connectivity index (χ2v) is 7.91. The van der Waals surface area contributed by atoms with Crippen LogP contribution in [0.25, 0.3) is 0 Å². The van der Waals surface area contributed by atoms with Crippen LogP contribution in [-0.4, -0.2) is 56.6 Å². The smallest absolute Gasteiger partial charge is 0.411 e. The Hall–Kier alpha value is -2.83. The zero-order valence-electron chi connectivity index (χ0n) is 18.4. The molecule has 0 bridgehead atoms. The maximum absolute atomic E-state index is 13.0. The molecule has 0 saturated carbocycles. The molecule has 158 valence electrons. The first-order valence-corrected chi connectivity index (χ1v) is 9.99. The van der Waals surface area contributed by atoms with Crippen molar-refractivity contribution in [3.63, 3.8) is 0 Å². The number of aromatic nitrogens is 2. The molecule has 0 aliphatic heterocycles. The number of ether oxygens (including phenoxy) is 1. The van der Waals surface area contributed by atoms with Gasteiger partial charge in [-0.25, -0.2) is 14.6 Å². The van der Waals surface area contributed by atoms with Gasteiger partial charge >= 0.3 is 12.1 Å². The molecule has 1 aromatic heterocycles. The number of hydrogen-bond donors (Lipinski definition) is 0. The van der Waals surface area contributed by atoms with Gasteiger partial charge in [0, 0.05) is 43.1 Å². The Morgan fingerprint density at radius 3 is 2.07 bits per heavy atom. The van der Waals surface area contributed by atoms with Gasteiger partial charge in [0.2, 0.25) is 0 Å². The molecule has 1 aromatic carbocycles. The molecule has 1 atom stereocenters. The van der Waals surface area contributed by atoms with E-state index < -0.39 is 12.2 Å². The third kappa shape index (κ3) is 5.16. The number of hydrogen-bond acceptors (Lipinski definition) is 4. The minimum absolute atomic E-state index is 0.0209. The van der Waals surface area contributed by atoms with Gasteiger partial charge in [0.05, 0.1) is 0 Å². The second-order valence-electron chi connectivity index (χ2n) is 7.91. The third-order valence-electron chi connectivity index (χ3n) is 4.83. The van der Waals surface area contributed by atoms with E-state index in [2.05, 4.69) is 4.98 Å². The summed E-state index contributed by atoms with van der Waals surface area (Å²) in [5, 5.41) is 0. The minimum atomic E-state index is -0.803. The maximum Gasteiger partial charge on any atom is 0.411 e. The zero-order chi connectivity index (χ0) is 21.7. The Bertz CT molecular complexity index is 806. The van der Waals surface area contributed by atoms with E-state index in [4.69, 9.17) is 4.74 Å². The molecule has 1 heterocycles. The number of imidazole rings is 1. The molecule has 0 aliphatic rings. The van der Waals surface area contributed by atoms with Crippen LogP contribution in [0.15, 0.2) is 42.7 Å². The Balaban J connectivity index is 2.46. The Kier molecular flexibility index (Phi) is 7.42. The van der Waals surface area contributed by atoms with E-state index in [0.717, 1.165) is 5.56 Å². The van der Waals surface area contributed by atoms with Crippen molar-refractivity contribution in [2.45, 2.75) is 65.8 Å². The van der Waals surface area contributed by atoms with Crippen LogP contribution >= 0.6 is 0 Å². The van der Waals surface area contributed by atoms with Crippen molar-refractivity contribution in [1.82, 2.24) is 19.4 Å². The van der Waals surface area contributed by atoms with Crippen LogP contribution in [0.5, 0.6) is 0 Å². The molecule has 0 radical (unpaired) electrons. The van der Waals surface area contributed by atoms with Crippen molar-refractivity contribution in [3.8, 4) is 0 Å². The van der Waals surface area contributed by atoms with Crippen molar-refractivity contribution in [3.05, 3.63) is 54.1 Å². The molecule has 0 fully saturated rings. The molecule has 7 heteroatoms. The van der Waals surface area contributed by atoms with Crippen LogP contribution < -0.4 is 0 Å². The molecule has 2 amide bonds. The largest absolute Gasteiger partial charge is 0.433 e. The fraction of sp³-hybridized carbons (Fsp3) is 0.500. The highest BCUT2D eigenvalue weighted by Crippen LogP contribution is 2.27. The number of nitrogens with zero attached hydrogens (tertiary/aromatic N) is 4. The summed E-state index contributed by atoms with van der Waals surface area (Å²) in [7, 11) is 1.74. The van der Waals surface area contributed by atoms with E-state index in [9.17, 15) is 9.59 Å². The van der Waals surface area contributed by atoms with Crippen molar-refractivity contribution in [2.75, 3.05) is 7.05 Å². The van der Waals surface area contributed by atoms with Crippen LogP contribution in [-0.2, 0) is 4.74 Å². The van der Waals surface area contributed by atoms with E-state index in [1.54, 1.807) is 29.2 Å². The summed E-state index contributed by atoms with van der Waals surface area (Å²) in [6, 6.07) is 9.11. The average Bonchev–Trinajstić information content (AvgIpc) is 3.14. The van der Waals surface area contributed by atoms with Gasteiger partial charge < -0.3 is 14.5 Å². The molecule has 2 aromatic rings. The van der Waals surface area contributed by atoms with Gasteiger partial charge in [0.25, 0.3) is 0 Å². The quantitative estimate of drug-likeness (QED) is 0.714. The fourth-order valence-corrected chi connectivity index (χ4v) is 3.14. The minimum Gasteiger partial charge on any atom is -0.433 e. The van der Waals surface area contributed by atoms with Crippen molar-refractivity contribution >= 4 is 12.1 Å². The lowest BCUT2D eigenvalue weighted by Crippen LogP contribution is -2.43. The van der Waals surface area contributed by atoms with E-state index in [1.165, 1.54) is 4.57 Å². The van der Waals surface area contributed by atoms with E-state index in [1.807, 2.05) is 71.9 Å². The van der Waals surface area contributed by atoms with Gasteiger partial charge in [-0.05, 0) is 41.5 Å². The summed E-state index contributed by atoms with van der Waals surface area (Å²) in [5.41, 5.74) is 0.751. The first-order chi connectivity index (χ1) is 13.6. The molecule has 0 N–H and O–H groups in total. The standard InChI is InChI=1S/C22H32N4O3/c1-15(2)24(7)21(27)25-14-13-23-20(25)19(18-11-9-8-10-12-18)29-22(28)26(16(3)4)17(5)6/h8-17,19H,1-7H3. The van der Waals surface area contributed by atoms with Gasteiger partial charge in [0.15, 0.2) is 11.9 Å². The molecule has 2 rings (SSSR count). The fourth-order valence-electron chi connectivity index (χ4n) is 3.14. The number of rotatable bonds is 6. The molecule has 0 aliphatic carbocycles. The predicted octanol–water partition coefficient (Wildman–Crippen LogP) is 4.54. The monoisotopic (exact) mass is 400 g/mol. The summed E-state index contributed by atoms with van der Waals surface area (Å²) >= 11 is 0. The molecular formula is C22H32N4O3. The van der Waals surface area contributed by atoms with Crippen LogP contribution in [0.2, 0.25) is 0 Å². The van der Waals surface area contributed by atoms with Crippen molar-refractivity contribution < 1.29 is 14.3 Å². The lowest BCUT2D eigenvalue weighted by molar-refractivity contribution is 0.0541. The number of benzene rings is 1. The van der Waals surface area contributed by atoms with Crippen LogP contribution in [0.4, 0.5) is 9.59 Å². The average molecular weight is 401 g/mol. The molecular weight excluding hydrogens is 368 g/mol. The third-order valence-corrected chi connectivity index (χ3v) is 4.83. The van der Waals surface area contributed by atoms with E-state index in [-0.39, 0.29) is 24.2 Å². The summed E-state index contributed by atoms with van der Waals surface area (Å²) in [6.07, 6.45) is 1.91. The molecule has 7 nitrogen and oxygen atoms in total. The Morgan fingerprint density at radius 2 is 1.55 bits per heavy atom. The highest BCUT2D eigenvalue weighted by atomic mass is 16.6. The maximum atomic E-state index is 13.0. The first-order valence-electron chi connectivity index (χ1n) is 9.99. The van der Waals surface area contributed by atoms with Crippen molar-refractivity contribution in [1.29, 1.82) is 0 Å². The van der Waals surface area contributed by atoms with Gasteiger partial charge in [-0.1, -0.05) is 30.3 Å². The highest BCUT2D eigenvalue weighted by Gasteiger charge is 2.30. The van der Waals surface area contributed by atoms with Crippen LogP contribution in [0, 0.1) is 0 Å². The normalized spacial score (nSPS) is 12.3. The number of amides is 2. The first kappa shape index (κ1) is 22.5. The van der Waals surface area contributed by atoms with Crippen LogP contribution in [0.1, 0.15) is 59.0 Å². The highest BCUT2D eigenvalue weighted by molar-refractivity contribution is 5.78. The Labute approximate surface area is 173 Å². The Morgan fingerprint density at radius 1 is 0.966 bits per heavy atom. The van der Waals surface area contributed by atoms with E-state index in [0.29, 0.717) is 5.82 Å². The summed E-state index contributed by atoms with van der Waals surface area (Å²) in [5.74, 6) is 0.370.